The molecular weight excluding hydrogens is 186 g/mol. The second kappa shape index (κ2) is 2.84. The van der Waals surface area contributed by atoms with Crippen LogP contribution in [0, 0.1) is 13.8 Å². The molecule has 1 aliphatic heterocycles. The maximum absolute atomic E-state index is 12.0. The molecule has 1 amide bonds. The Balaban J connectivity index is 2.72. The lowest BCUT2D eigenvalue weighted by molar-refractivity contribution is -0.121. The van der Waals surface area contributed by atoms with E-state index in [-0.39, 0.29) is 11.3 Å². The van der Waals surface area contributed by atoms with E-state index in [4.69, 9.17) is 0 Å². The number of hydrogen-bond acceptors (Lipinski definition) is 1. The second-order valence-corrected chi connectivity index (χ2v) is 4.94. The Kier molecular flexibility index (Phi) is 1.94. The predicted octanol–water partition coefficient (Wildman–Crippen LogP) is 2.56. The van der Waals surface area contributed by atoms with E-state index in [1.54, 1.807) is 4.90 Å². The molecule has 1 aromatic carbocycles. The van der Waals surface area contributed by atoms with E-state index in [2.05, 4.69) is 26.0 Å². The molecule has 1 heterocycles. The smallest absolute Gasteiger partial charge is 0.236 e. The molecule has 1 aliphatic rings. The minimum atomic E-state index is -0.372. The molecule has 0 radical (unpaired) electrons. The van der Waals surface area contributed by atoms with E-state index in [1.807, 2.05) is 20.9 Å². The fourth-order valence-corrected chi connectivity index (χ4v) is 2.22. The number of fused-ring (bicyclic) bond motifs is 1. The Morgan fingerprint density at radius 3 is 2.27 bits per heavy atom. The monoisotopic (exact) mass is 203 g/mol. The molecule has 0 aliphatic carbocycles. The number of likely N-dealkylation sites (N-methyl/N-ethyl adjacent to an activating group) is 1. The summed E-state index contributed by atoms with van der Waals surface area (Å²) in [6, 6.07) is 4.25. The molecule has 2 rings (SSSR count). The van der Waals surface area contributed by atoms with Crippen molar-refractivity contribution in [3.05, 3.63) is 28.8 Å². The maximum atomic E-state index is 12.0. The lowest BCUT2D eigenvalue weighted by Gasteiger charge is -2.16. The Bertz CT molecular complexity index is 446. The van der Waals surface area contributed by atoms with Gasteiger partial charge in [0.1, 0.15) is 0 Å². The van der Waals surface area contributed by atoms with Crippen LogP contribution in [0.1, 0.15) is 30.5 Å². The van der Waals surface area contributed by atoms with Crippen LogP contribution in [0.25, 0.3) is 0 Å². The van der Waals surface area contributed by atoms with E-state index in [9.17, 15) is 4.79 Å². The van der Waals surface area contributed by atoms with Crippen molar-refractivity contribution in [1.82, 2.24) is 0 Å². The van der Waals surface area contributed by atoms with E-state index >= 15 is 0 Å². The number of aryl methyl sites for hydroxylation is 2. The molecule has 0 saturated heterocycles. The summed E-state index contributed by atoms with van der Waals surface area (Å²) in [6.45, 7) is 8.16. The summed E-state index contributed by atoms with van der Waals surface area (Å²) in [6.07, 6.45) is 0. The van der Waals surface area contributed by atoms with Gasteiger partial charge in [-0.2, -0.15) is 0 Å². The van der Waals surface area contributed by atoms with E-state index in [0.29, 0.717) is 0 Å². The fraction of sp³-hybridized carbons (Fsp3) is 0.462. The highest BCUT2D eigenvalue weighted by molar-refractivity contribution is 6.07. The third kappa shape index (κ3) is 1.21. The van der Waals surface area contributed by atoms with E-state index in [1.165, 1.54) is 11.1 Å². The molecule has 0 saturated carbocycles. The van der Waals surface area contributed by atoms with Crippen LogP contribution in [0.15, 0.2) is 12.1 Å². The van der Waals surface area contributed by atoms with Gasteiger partial charge in [-0.25, -0.2) is 0 Å². The predicted molar refractivity (Wildman–Crippen MR) is 62.4 cm³/mol. The highest BCUT2D eigenvalue weighted by Crippen LogP contribution is 2.41. The summed E-state index contributed by atoms with van der Waals surface area (Å²) in [7, 11) is 1.85. The number of hydrogen-bond donors (Lipinski definition) is 0. The molecule has 2 heteroatoms. The Labute approximate surface area is 90.9 Å². The van der Waals surface area contributed by atoms with Crippen molar-refractivity contribution in [2.75, 3.05) is 11.9 Å². The van der Waals surface area contributed by atoms with E-state index in [0.717, 1.165) is 11.3 Å². The van der Waals surface area contributed by atoms with Crippen LogP contribution >= 0.6 is 0 Å². The first-order valence-corrected chi connectivity index (χ1v) is 5.25. The number of benzene rings is 1. The highest BCUT2D eigenvalue weighted by atomic mass is 16.2. The Morgan fingerprint density at radius 2 is 1.67 bits per heavy atom. The molecule has 0 fully saturated rings. The minimum Gasteiger partial charge on any atom is -0.314 e. The van der Waals surface area contributed by atoms with Gasteiger partial charge in [0.15, 0.2) is 0 Å². The zero-order chi connectivity index (χ0) is 11.4. The largest absolute Gasteiger partial charge is 0.314 e. The fourth-order valence-electron chi connectivity index (χ4n) is 2.22. The molecule has 2 nitrogen and oxygen atoms in total. The van der Waals surface area contributed by atoms with Crippen molar-refractivity contribution in [2.45, 2.75) is 33.1 Å². The normalized spacial score (nSPS) is 18.2. The molecule has 0 unspecified atom stereocenters. The maximum Gasteiger partial charge on any atom is 0.236 e. The van der Waals surface area contributed by atoms with Crippen LogP contribution in [-0.2, 0) is 10.2 Å². The Hall–Kier alpha value is -1.31. The topological polar surface area (TPSA) is 20.3 Å². The first-order chi connectivity index (χ1) is 6.85. The minimum absolute atomic E-state index is 0.183. The molecule has 0 bridgehead atoms. The summed E-state index contributed by atoms with van der Waals surface area (Å²) in [4.78, 5) is 13.8. The zero-order valence-corrected chi connectivity index (χ0v) is 10.0. The second-order valence-electron chi connectivity index (χ2n) is 4.94. The molecule has 0 aromatic heterocycles. The van der Waals surface area contributed by atoms with Gasteiger partial charge in [-0.3, -0.25) is 4.79 Å². The van der Waals surface area contributed by atoms with Crippen molar-refractivity contribution in [1.29, 1.82) is 0 Å². The van der Waals surface area contributed by atoms with Gasteiger partial charge in [-0.15, -0.1) is 0 Å². The van der Waals surface area contributed by atoms with E-state index < -0.39 is 0 Å². The SMILES string of the molecule is Cc1cc2c(cc1C)C(C)(C)C(=O)N2C. The Morgan fingerprint density at radius 1 is 1.13 bits per heavy atom. The first kappa shape index (κ1) is 10.2. The van der Waals surface area contributed by atoms with Gasteiger partial charge in [0, 0.05) is 12.7 Å². The van der Waals surface area contributed by atoms with Crippen molar-refractivity contribution in [3.63, 3.8) is 0 Å². The van der Waals surface area contributed by atoms with Crippen LogP contribution < -0.4 is 4.90 Å². The number of anilines is 1. The van der Waals surface area contributed by atoms with Gasteiger partial charge in [0.25, 0.3) is 0 Å². The number of nitrogens with zero attached hydrogens (tertiary/aromatic N) is 1. The number of carbonyl (C=O) groups excluding carboxylic acids is 1. The van der Waals surface area contributed by atoms with Crippen molar-refractivity contribution < 1.29 is 4.79 Å². The molecule has 1 aromatic rings. The first-order valence-electron chi connectivity index (χ1n) is 5.25. The quantitative estimate of drug-likeness (QED) is 0.634. The molecule has 0 spiro atoms. The third-order valence-electron chi connectivity index (χ3n) is 3.49. The summed E-state index contributed by atoms with van der Waals surface area (Å²) in [5.41, 5.74) is 4.34. The molecule has 15 heavy (non-hydrogen) atoms. The van der Waals surface area contributed by atoms with Crippen LogP contribution in [0.2, 0.25) is 0 Å². The van der Waals surface area contributed by atoms with Gasteiger partial charge in [-0.05, 0) is 50.5 Å². The number of rotatable bonds is 0. The molecule has 0 atom stereocenters. The summed E-state index contributed by atoms with van der Waals surface area (Å²) < 4.78 is 0. The average molecular weight is 203 g/mol. The molecular formula is C13H17NO. The van der Waals surface area contributed by atoms with Gasteiger partial charge in [-0.1, -0.05) is 6.07 Å². The summed E-state index contributed by atoms with van der Waals surface area (Å²) in [5.74, 6) is 0.183. The standard InChI is InChI=1S/C13H17NO/c1-8-6-10-11(7-9(8)2)14(5)12(15)13(10,3)4/h6-7H,1-5H3. The van der Waals surface area contributed by atoms with Gasteiger partial charge in [0.05, 0.1) is 5.41 Å². The van der Waals surface area contributed by atoms with Crippen molar-refractivity contribution >= 4 is 11.6 Å². The number of amides is 1. The highest BCUT2D eigenvalue weighted by Gasteiger charge is 2.42. The van der Waals surface area contributed by atoms with Gasteiger partial charge < -0.3 is 4.90 Å². The van der Waals surface area contributed by atoms with Crippen LogP contribution in [-0.4, -0.2) is 13.0 Å². The van der Waals surface area contributed by atoms with Gasteiger partial charge in [0.2, 0.25) is 5.91 Å². The van der Waals surface area contributed by atoms with Crippen molar-refractivity contribution in [2.24, 2.45) is 0 Å². The lowest BCUT2D eigenvalue weighted by Crippen LogP contribution is -2.33. The molecule has 0 N–H and O–H groups in total. The lowest BCUT2D eigenvalue weighted by atomic mass is 9.85. The van der Waals surface area contributed by atoms with Gasteiger partial charge >= 0.3 is 0 Å². The summed E-state index contributed by atoms with van der Waals surface area (Å²) >= 11 is 0. The van der Waals surface area contributed by atoms with Crippen LogP contribution in [0.4, 0.5) is 5.69 Å². The average Bonchev–Trinajstić information content (AvgIpc) is 2.32. The summed E-state index contributed by atoms with van der Waals surface area (Å²) in [5, 5.41) is 0. The van der Waals surface area contributed by atoms with Crippen LogP contribution in [0.3, 0.4) is 0 Å². The van der Waals surface area contributed by atoms with Crippen LogP contribution in [0.5, 0.6) is 0 Å². The van der Waals surface area contributed by atoms with Crippen molar-refractivity contribution in [3.8, 4) is 0 Å². The molecule has 80 valence electrons. The third-order valence-corrected chi connectivity index (χ3v) is 3.49. The zero-order valence-electron chi connectivity index (χ0n) is 10.0. The number of carbonyl (C=O) groups is 1.